The molecule has 0 bridgehead atoms. The van der Waals surface area contributed by atoms with Gasteiger partial charge < -0.3 is 19.9 Å². The van der Waals surface area contributed by atoms with Crippen molar-refractivity contribution in [2.24, 2.45) is 5.92 Å². The van der Waals surface area contributed by atoms with Crippen molar-refractivity contribution >= 4 is 16.3 Å². The number of hydrogen-bond donors (Lipinski definition) is 3. The quantitative estimate of drug-likeness (QED) is 0.372. The van der Waals surface area contributed by atoms with Gasteiger partial charge in [-0.3, -0.25) is 9.35 Å². The van der Waals surface area contributed by atoms with Gasteiger partial charge in [0.25, 0.3) is 0 Å². The summed E-state index contributed by atoms with van der Waals surface area (Å²) in [5.74, 6) is -0.372. The van der Waals surface area contributed by atoms with E-state index in [0.29, 0.717) is 5.75 Å². The molecule has 0 saturated heterocycles. The fourth-order valence-electron chi connectivity index (χ4n) is 2.04. The minimum Gasteiger partial charge on any atom is -0.468 e. The van der Waals surface area contributed by atoms with E-state index in [1.54, 1.807) is 31.2 Å². The zero-order chi connectivity index (χ0) is 18.9. The molecule has 1 aromatic rings. The number of benzene rings is 1. The van der Waals surface area contributed by atoms with Gasteiger partial charge in [-0.2, -0.15) is 8.42 Å². The van der Waals surface area contributed by atoms with E-state index >= 15 is 0 Å². The Bertz CT molecular complexity index is 622. The summed E-state index contributed by atoms with van der Waals surface area (Å²) in [7, 11) is -4.78. The van der Waals surface area contributed by atoms with Crippen LogP contribution in [0.5, 0.6) is 5.75 Å². The summed E-state index contributed by atoms with van der Waals surface area (Å²) in [6, 6.07) is 8.73. The number of rotatable bonds is 11. The minimum absolute atomic E-state index is 0.0644. The Morgan fingerprint density at radius 2 is 1.92 bits per heavy atom. The SMILES string of the molecule is CC(=O)NC[C@@H](C)[C@@H](OS(=O)(=O)O)C(CO)OCOc1ccccc1. The molecule has 0 heterocycles. The number of aliphatic hydroxyl groups excluding tert-OH is 1. The lowest BCUT2D eigenvalue weighted by atomic mass is 10.00. The van der Waals surface area contributed by atoms with E-state index < -0.39 is 35.1 Å². The Morgan fingerprint density at radius 1 is 1.28 bits per heavy atom. The maximum absolute atomic E-state index is 11.1. The molecule has 1 amide bonds. The van der Waals surface area contributed by atoms with E-state index in [1.165, 1.54) is 6.92 Å². The summed E-state index contributed by atoms with van der Waals surface area (Å²) >= 11 is 0. The molecule has 0 saturated carbocycles. The highest BCUT2D eigenvalue weighted by Gasteiger charge is 2.32. The smallest absolute Gasteiger partial charge is 0.397 e. The topological polar surface area (TPSA) is 131 Å². The summed E-state index contributed by atoms with van der Waals surface area (Å²) in [5, 5.41) is 12.0. The fourth-order valence-corrected chi connectivity index (χ4v) is 2.64. The van der Waals surface area contributed by atoms with Crippen LogP contribution in [0.4, 0.5) is 0 Å². The Morgan fingerprint density at radius 3 is 2.44 bits per heavy atom. The van der Waals surface area contributed by atoms with E-state index in [2.05, 4.69) is 9.50 Å². The van der Waals surface area contributed by atoms with Crippen molar-refractivity contribution in [3.8, 4) is 5.75 Å². The Kier molecular flexibility index (Phi) is 8.79. The number of amides is 1. The molecule has 3 atom stereocenters. The van der Waals surface area contributed by atoms with Crippen LogP contribution in [0.15, 0.2) is 30.3 Å². The van der Waals surface area contributed by atoms with Gasteiger partial charge in [0, 0.05) is 19.4 Å². The van der Waals surface area contributed by atoms with Crippen LogP contribution in [0.1, 0.15) is 13.8 Å². The van der Waals surface area contributed by atoms with E-state index in [-0.39, 0.29) is 19.2 Å². The van der Waals surface area contributed by atoms with Gasteiger partial charge in [-0.05, 0) is 12.1 Å². The second kappa shape index (κ2) is 10.3. The van der Waals surface area contributed by atoms with Crippen molar-refractivity contribution in [3.63, 3.8) is 0 Å². The van der Waals surface area contributed by atoms with Crippen LogP contribution in [0.25, 0.3) is 0 Å². The maximum Gasteiger partial charge on any atom is 0.397 e. The first-order chi connectivity index (χ1) is 11.7. The van der Waals surface area contributed by atoms with Gasteiger partial charge in [-0.1, -0.05) is 25.1 Å². The molecule has 0 aromatic heterocycles. The van der Waals surface area contributed by atoms with E-state index in [1.807, 2.05) is 6.07 Å². The highest BCUT2D eigenvalue weighted by molar-refractivity contribution is 7.80. The third-order valence-electron chi connectivity index (χ3n) is 3.26. The molecule has 0 radical (unpaired) electrons. The lowest BCUT2D eigenvalue weighted by molar-refractivity contribution is -0.121. The van der Waals surface area contributed by atoms with Crippen molar-refractivity contribution in [1.29, 1.82) is 0 Å². The van der Waals surface area contributed by atoms with Crippen molar-refractivity contribution in [1.82, 2.24) is 5.32 Å². The summed E-state index contributed by atoms with van der Waals surface area (Å²) < 4.78 is 46.4. The summed E-state index contributed by atoms with van der Waals surface area (Å²) in [6.45, 7) is 2.10. The summed E-state index contributed by atoms with van der Waals surface area (Å²) in [4.78, 5) is 11.0. The Balaban J connectivity index is 2.71. The second-order valence-electron chi connectivity index (χ2n) is 5.37. The number of nitrogens with one attached hydrogen (secondary N) is 1. The fraction of sp³-hybridized carbons (Fsp3) is 0.533. The first kappa shape index (κ1) is 21.3. The highest BCUT2D eigenvalue weighted by atomic mass is 32.3. The molecule has 1 rings (SSSR count). The lowest BCUT2D eigenvalue weighted by Gasteiger charge is -2.29. The predicted molar refractivity (Wildman–Crippen MR) is 88.2 cm³/mol. The Hall–Kier alpha value is -1.72. The maximum atomic E-state index is 11.1. The molecule has 1 aromatic carbocycles. The summed E-state index contributed by atoms with van der Waals surface area (Å²) in [6.07, 6.45) is -2.33. The van der Waals surface area contributed by atoms with Crippen molar-refractivity contribution < 1.29 is 36.5 Å². The van der Waals surface area contributed by atoms with Gasteiger partial charge >= 0.3 is 10.4 Å². The molecule has 0 spiro atoms. The normalized spacial score (nSPS) is 15.2. The first-order valence-corrected chi connectivity index (χ1v) is 8.90. The zero-order valence-electron chi connectivity index (χ0n) is 14.0. The van der Waals surface area contributed by atoms with Crippen LogP contribution in [0.3, 0.4) is 0 Å². The highest BCUT2D eigenvalue weighted by Crippen LogP contribution is 2.17. The zero-order valence-corrected chi connectivity index (χ0v) is 14.8. The molecule has 9 nitrogen and oxygen atoms in total. The number of carbonyl (C=O) groups excluding carboxylic acids is 1. The van der Waals surface area contributed by atoms with Gasteiger partial charge in [0.05, 0.1) is 6.61 Å². The molecule has 142 valence electrons. The number of para-hydroxylation sites is 1. The first-order valence-electron chi connectivity index (χ1n) is 7.53. The number of carbonyl (C=O) groups is 1. The molecule has 0 aliphatic carbocycles. The van der Waals surface area contributed by atoms with Crippen LogP contribution in [-0.4, -0.2) is 56.1 Å². The second-order valence-corrected chi connectivity index (χ2v) is 6.41. The molecule has 0 aliphatic heterocycles. The van der Waals surface area contributed by atoms with Crippen LogP contribution >= 0.6 is 0 Å². The lowest BCUT2D eigenvalue weighted by Crippen LogP contribution is -2.45. The standard InChI is InChI=1S/C15H23NO8S/c1-11(8-16-12(2)18)15(24-25(19,20)21)14(9-17)23-10-22-13-6-4-3-5-7-13/h3-7,11,14-15,17H,8-10H2,1-2H3,(H,16,18)(H,19,20,21)/t11-,14?,15-/m1/s1. The molecule has 1 unspecified atom stereocenters. The van der Waals surface area contributed by atoms with Crippen molar-refractivity contribution in [3.05, 3.63) is 30.3 Å². The third-order valence-corrected chi connectivity index (χ3v) is 3.73. The molecule has 25 heavy (non-hydrogen) atoms. The molecular formula is C15H23NO8S. The average molecular weight is 377 g/mol. The van der Waals surface area contributed by atoms with Crippen molar-refractivity contribution in [2.45, 2.75) is 26.1 Å². The molecule has 10 heteroatoms. The van der Waals surface area contributed by atoms with E-state index in [4.69, 9.17) is 14.0 Å². The number of hydrogen-bond acceptors (Lipinski definition) is 7. The predicted octanol–water partition coefficient (Wildman–Crippen LogP) is 0.361. The van der Waals surface area contributed by atoms with Crippen LogP contribution < -0.4 is 10.1 Å². The summed E-state index contributed by atoms with van der Waals surface area (Å²) in [5.41, 5.74) is 0. The van der Waals surface area contributed by atoms with Gasteiger partial charge in [-0.25, -0.2) is 4.18 Å². The average Bonchev–Trinajstić information content (AvgIpc) is 2.55. The van der Waals surface area contributed by atoms with Gasteiger partial charge in [0.15, 0.2) is 6.79 Å². The van der Waals surface area contributed by atoms with E-state index in [9.17, 15) is 18.3 Å². The van der Waals surface area contributed by atoms with E-state index in [0.717, 1.165) is 0 Å². The minimum atomic E-state index is -4.78. The van der Waals surface area contributed by atoms with Crippen LogP contribution in [0.2, 0.25) is 0 Å². The molecule has 3 N–H and O–H groups in total. The molecular weight excluding hydrogens is 354 g/mol. The van der Waals surface area contributed by atoms with Gasteiger partial charge in [0.2, 0.25) is 5.91 Å². The van der Waals surface area contributed by atoms with Crippen molar-refractivity contribution in [2.75, 3.05) is 19.9 Å². The molecule has 0 fully saturated rings. The Labute approximate surface area is 146 Å². The third kappa shape index (κ3) is 8.79. The number of aliphatic hydroxyl groups is 1. The number of ether oxygens (including phenoxy) is 2. The van der Waals surface area contributed by atoms with Gasteiger partial charge in [0.1, 0.15) is 18.0 Å². The van der Waals surface area contributed by atoms with Crippen LogP contribution in [0, 0.1) is 5.92 Å². The molecule has 0 aliphatic rings. The van der Waals surface area contributed by atoms with Crippen LogP contribution in [-0.2, 0) is 24.1 Å². The van der Waals surface area contributed by atoms with Gasteiger partial charge in [-0.15, -0.1) is 0 Å². The largest absolute Gasteiger partial charge is 0.468 e. The monoisotopic (exact) mass is 377 g/mol.